The van der Waals surface area contributed by atoms with E-state index in [1.165, 1.54) is 19.2 Å². The highest BCUT2D eigenvalue weighted by Crippen LogP contribution is 2.28. The van der Waals surface area contributed by atoms with E-state index in [1.54, 1.807) is 30.3 Å². The van der Waals surface area contributed by atoms with Crippen molar-refractivity contribution in [3.05, 3.63) is 53.6 Å². The molecule has 0 aliphatic heterocycles. The Morgan fingerprint density at radius 1 is 1.11 bits per heavy atom. The van der Waals surface area contributed by atoms with Crippen molar-refractivity contribution in [2.75, 3.05) is 25.6 Å². The summed E-state index contributed by atoms with van der Waals surface area (Å²) < 4.78 is 15.6. The van der Waals surface area contributed by atoms with Crippen LogP contribution in [0.3, 0.4) is 0 Å². The number of rotatable bonds is 8. The van der Waals surface area contributed by atoms with E-state index in [4.69, 9.17) is 19.5 Å². The Morgan fingerprint density at radius 2 is 1.85 bits per heavy atom. The normalized spacial score (nSPS) is 9.81. The van der Waals surface area contributed by atoms with Gasteiger partial charge in [-0.05, 0) is 42.8 Å². The molecule has 0 atom stereocenters. The minimum atomic E-state index is -0.641. The van der Waals surface area contributed by atoms with Gasteiger partial charge < -0.3 is 19.5 Å². The van der Waals surface area contributed by atoms with E-state index in [1.807, 2.05) is 13.0 Å². The maximum Gasteiger partial charge on any atom is 0.338 e. The van der Waals surface area contributed by atoms with Gasteiger partial charge in [0, 0.05) is 5.69 Å². The van der Waals surface area contributed by atoms with Crippen LogP contribution in [0.5, 0.6) is 11.5 Å². The smallest absolute Gasteiger partial charge is 0.338 e. The molecule has 140 valence electrons. The summed E-state index contributed by atoms with van der Waals surface area (Å²) >= 11 is 0. The second-order valence-corrected chi connectivity index (χ2v) is 5.45. The summed E-state index contributed by atoms with van der Waals surface area (Å²) in [6.07, 6.45) is 0.303. The fraction of sp³-hybridized carbons (Fsp3) is 0.250. The number of carbonyl (C=O) groups excluding carboxylic acids is 2. The second kappa shape index (κ2) is 9.82. The molecule has 0 saturated heterocycles. The average molecular weight is 368 g/mol. The molecule has 1 N–H and O–H groups in total. The molecule has 2 aromatic rings. The first-order valence-electron chi connectivity index (χ1n) is 8.31. The molecule has 0 bridgehead atoms. The number of ether oxygens (including phenoxy) is 3. The molecule has 0 radical (unpaired) electrons. The van der Waals surface area contributed by atoms with Crippen LogP contribution < -0.4 is 14.8 Å². The van der Waals surface area contributed by atoms with E-state index < -0.39 is 18.5 Å². The molecule has 0 spiro atoms. The van der Waals surface area contributed by atoms with Crippen LogP contribution in [0.25, 0.3) is 0 Å². The maximum absolute atomic E-state index is 12.1. The van der Waals surface area contributed by atoms with E-state index in [0.29, 0.717) is 30.2 Å². The molecule has 2 aromatic carbocycles. The number of hydrogen-bond acceptors (Lipinski definition) is 6. The van der Waals surface area contributed by atoms with Crippen LogP contribution in [0.15, 0.2) is 42.5 Å². The van der Waals surface area contributed by atoms with Gasteiger partial charge in [0.25, 0.3) is 5.91 Å². The molecular weight excluding hydrogens is 348 g/mol. The van der Waals surface area contributed by atoms with Gasteiger partial charge in [0.1, 0.15) is 0 Å². The number of anilines is 1. The van der Waals surface area contributed by atoms with E-state index in [2.05, 4.69) is 5.32 Å². The molecule has 0 aliphatic carbocycles. The zero-order chi connectivity index (χ0) is 19.6. The van der Waals surface area contributed by atoms with Crippen molar-refractivity contribution >= 4 is 17.6 Å². The molecule has 7 heteroatoms. The number of nitrogens with zero attached hydrogens (tertiary/aromatic N) is 1. The van der Waals surface area contributed by atoms with Crippen LogP contribution in [-0.2, 0) is 16.0 Å². The van der Waals surface area contributed by atoms with Crippen molar-refractivity contribution in [1.82, 2.24) is 0 Å². The van der Waals surface area contributed by atoms with E-state index in [0.717, 1.165) is 5.56 Å². The first-order chi connectivity index (χ1) is 13.1. The van der Waals surface area contributed by atoms with Gasteiger partial charge in [-0.2, -0.15) is 5.26 Å². The predicted octanol–water partition coefficient (Wildman–Crippen LogP) is 2.96. The third kappa shape index (κ3) is 5.75. The minimum Gasteiger partial charge on any atom is -0.493 e. The quantitative estimate of drug-likeness (QED) is 0.720. The number of benzene rings is 2. The van der Waals surface area contributed by atoms with Crippen molar-refractivity contribution in [1.29, 1.82) is 5.26 Å². The zero-order valence-corrected chi connectivity index (χ0v) is 15.2. The number of hydrogen-bond donors (Lipinski definition) is 1. The van der Waals surface area contributed by atoms with Gasteiger partial charge in [-0.1, -0.05) is 12.1 Å². The monoisotopic (exact) mass is 368 g/mol. The Labute approximate surface area is 157 Å². The second-order valence-electron chi connectivity index (χ2n) is 5.45. The molecule has 0 aliphatic rings. The number of carbonyl (C=O) groups is 2. The third-order valence-electron chi connectivity index (χ3n) is 3.55. The standard InChI is InChI=1S/C20H20N2O5/c1-3-26-18-12-15(6-9-17(18)25-2)20(24)27-13-19(23)22-16-7-4-14(5-8-16)10-11-21/h4-9,12H,3,10,13H2,1-2H3,(H,22,23). The summed E-state index contributed by atoms with van der Waals surface area (Å²) in [5.74, 6) is -0.171. The van der Waals surface area contributed by atoms with E-state index in [-0.39, 0.29) is 5.56 Å². The van der Waals surface area contributed by atoms with Gasteiger partial charge in [0.2, 0.25) is 0 Å². The Morgan fingerprint density at radius 3 is 2.48 bits per heavy atom. The van der Waals surface area contributed by atoms with Crippen LogP contribution in [0.2, 0.25) is 0 Å². The predicted molar refractivity (Wildman–Crippen MR) is 98.8 cm³/mol. The molecule has 0 saturated carbocycles. The van der Waals surface area contributed by atoms with Crippen molar-refractivity contribution in [3.63, 3.8) is 0 Å². The highest BCUT2D eigenvalue weighted by molar-refractivity contribution is 5.95. The third-order valence-corrected chi connectivity index (χ3v) is 3.55. The molecule has 0 unspecified atom stereocenters. The SMILES string of the molecule is CCOc1cc(C(=O)OCC(=O)Nc2ccc(CC#N)cc2)ccc1OC. The van der Waals surface area contributed by atoms with E-state index in [9.17, 15) is 9.59 Å². The number of methoxy groups -OCH3 is 1. The number of nitrogens with one attached hydrogen (secondary N) is 1. The van der Waals surface area contributed by atoms with E-state index >= 15 is 0 Å². The number of amides is 1. The lowest BCUT2D eigenvalue weighted by Gasteiger charge is -2.11. The van der Waals surface area contributed by atoms with Crippen LogP contribution in [0.1, 0.15) is 22.8 Å². The summed E-state index contributed by atoms with van der Waals surface area (Å²) in [6, 6.07) is 13.6. The Bertz CT molecular complexity index is 840. The van der Waals surface area contributed by atoms with Crippen LogP contribution in [0, 0.1) is 11.3 Å². The van der Waals surface area contributed by atoms with Gasteiger partial charge in [0.05, 0.1) is 31.8 Å². The van der Waals surface area contributed by atoms with Crippen molar-refractivity contribution in [3.8, 4) is 17.6 Å². The Hall–Kier alpha value is -3.53. The zero-order valence-electron chi connectivity index (χ0n) is 15.2. The summed E-state index contributed by atoms with van der Waals surface area (Å²) in [6.45, 7) is 1.82. The van der Waals surface area contributed by atoms with Gasteiger partial charge >= 0.3 is 5.97 Å². The Kier molecular flexibility index (Phi) is 7.20. The fourth-order valence-corrected chi connectivity index (χ4v) is 2.28. The fourth-order valence-electron chi connectivity index (χ4n) is 2.28. The molecule has 7 nitrogen and oxygen atoms in total. The summed E-state index contributed by atoms with van der Waals surface area (Å²) in [5, 5.41) is 11.3. The van der Waals surface area contributed by atoms with Crippen LogP contribution >= 0.6 is 0 Å². The molecule has 2 rings (SSSR count). The average Bonchev–Trinajstić information content (AvgIpc) is 2.68. The molecule has 1 amide bonds. The highest BCUT2D eigenvalue weighted by atomic mass is 16.5. The molecule has 0 heterocycles. The molecule has 27 heavy (non-hydrogen) atoms. The van der Waals surface area contributed by atoms with Gasteiger partial charge in [0.15, 0.2) is 18.1 Å². The van der Waals surface area contributed by atoms with Crippen molar-refractivity contribution < 1.29 is 23.8 Å². The highest BCUT2D eigenvalue weighted by Gasteiger charge is 2.14. The summed E-state index contributed by atoms with van der Waals surface area (Å²) in [5.41, 5.74) is 1.67. The van der Waals surface area contributed by atoms with Crippen LogP contribution in [-0.4, -0.2) is 32.2 Å². The minimum absolute atomic E-state index is 0.257. The van der Waals surface area contributed by atoms with Gasteiger partial charge in [-0.25, -0.2) is 4.79 Å². The largest absolute Gasteiger partial charge is 0.493 e. The summed E-state index contributed by atoms with van der Waals surface area (Å²) in [4.78, 5) is 24.1. The van der Waals surface area contributed by atoms with Crippen LogP contribution in [0.4, 0.5) is 5.69 Å². The lowest BCUT2D eigenvalue weighted by atomic mass is 10.1. The van der Waals surface area contributed by atoms with Gasteiger partial charge in [-0.3, -0.25) is 4.79 Å². The molecule has 0 fully saturated rings. The molecule has 0 aromatic heterocycles. The first-order valence-corrected chi connectivity index (χ1v) is 8.31. The van der Waals surface area contributed by atoms with Crippen molar-refractivity contribution in [2.24, 2.45) is 0 Å². The lowest BCUT2D eigenvalue weighted by molar-refractivity contribution is -0.119. The maximum atomic E-state index is 12.1. The lowest BCUT2D eigenvalue weighted by Crippen LogP contribution is -2.21. The summed E-state index contributed by atoms with van der Waals surface area (Å²) in [7, 11) is 1.51. The number of esters is 1. The number of nitriles is 1. The Balaban J connectivity index is 1.91. The molecular formula is C20H20N2O5. The topological polar surface area (TPSA) is 97.6 Å². The first kappa shape index (κ1) is 19.8. The van der Waals surface area contributed by atoms with Gasteiger partial charge in [-0.15, -0.1) is 0 Å². The van der Waals surface area contributed by atoms with Crippen molar-refractivity contribution in [2.45, 2.75) is 13.3 Å².